The molecule has 2 aromatic rings. The van der Waals surface area contributed by atoms with Crippen LogP contribution in [0.5, 0.6) is 11.5 Å². The van der Waals surface area contributed by atoms with Gasteiger partial charge in [0.2, 0.25) is 0 Å². The molecule has 1 aliphatic heterocycles. The fraction of sp³-hybridized carbons (Fsp3) is 0.304. The Bertz CT molecular complexity index is 961. The predicted octanol–water partition coefficient (Wildman–Crippen LogP) is 4.06. The number of aliphatic hydroxyl groups excluding tert-OH is 1. The molecule has 1 amide bonds. The van der Waals surface area contributed by atoms with E-state index in [1.54, 1.807) is 18.2 Å². The minimum atomic E-state index is -0.841. The van der Waals surface area contributed by atoms with E-state index in [1.807, 2.05) is 6.92 Å². The predicted molar refractivity (Wildman–Crippen MR) is 110 cm³/mol. The van der Waals surface area contributed by atoms with Crippen molar-refractivity contribution in [2.45, 2.75) is 25.8 Å². The number of ether oxygens (including phenoxy) is 2. The first-order chi connectivity index (χ1) is 14.4. The maximum Gasteiger partial charge on any atom is 0.295 e. The first kappa shape index (κ1) is 21.4. The summed E-state index contributed by atoms with van der Waals surface area (Å²) in [5, 5.41) is 11.2. The first-order valence-corrected chi connectivity index (χ1v) is 9.69. The molecule has 3 rings (SSSR count). The number of nitrogens with zero attached hydrogens (tertiary/aromatic N) is 1. The SMILES string of the molecule is CCCCN1C(=O)C(=O)/C(=C(/O)c2c(OC)cccc2OC)C1c1ccc(F)cc1. The van der Waals surface area contributed by atoms with E-state index in [0.29, 0.717) is 30.0 Å². The number of hydrogen-bond acceptors (Lipinski definition) is 5. The molecule has 1 N–H and O–H groups in total. The number of aliphatic hydroxyl groups is 1. The fourth-order valence-corrected chi connectivity index (χ4v) is 3.65. The van der Waals surface area contributed by atoms with Crippen LogP contribution >= 0.6 is 0 Å². The van der Waals surface area contributed by atoms with Crippen LogP contribution in [0, 0.1) is 5.82 Å². The smallest absolute Gasteiger partial charge is 0.295 e. The monoisotopic (exact) mass is 413 g/mol. The number of methoxy groups -OCH3 is 2. The summed E-state index contributed by atoms with van der Waals surface area (Å²) in [5.74, 6) is -1.74. The molecule has 7 heteroatoms. The fourth-order valence-electron chi connectivity index (χ4n) is 3.65. The third kappa shape index (κ3) is 3.75. The quantitative estimate of drug-likeness (QED) is 0.421. The second-order valence-corrected chi connectivity index (χ2v) is 6.94. The van der Waals surface area contributed by atoms with Crippen LogP contribution < -0.4 is 9.47 Å². The molecule has 0 aromatic heterocycles. The molecule has 1 aliphatic rings. The van der Waals surface area contributed by atoms with Gasteiger partial charge in [0.05, 0.1) is 25.8 Å². The summed E-state index contributed by atoms with van der Waals surface area (Å²) in [6, 6.07) is 9.64. The van der Waals surface area contributed by atoms with Crippen molar-refractivity contribution in [1.29, 1.82) is 0 Å². The van der Waals surface area contributed by atoms with E-state index >= 15 is 0 Å². The molecule has 1 heterocycles. The molecule has 1 saturated heterocycles. The van der Waals surface area contributed by atoms with Crippen LogP contribution in [0.15, 0.2) is 48.0 Å². The lowest BCUT2D eigenvalue weighted by Crippen LogP contribution is -2.30. The Hall–Kier alpha value is -3.35. The Kier molecular flexibility index (Phi) is 6.40. The van der Waals surface area contributed by atoms with Gasteiger partial charge >= 0.3 is 0 Å². The maximum atomic E-state index is 13.5. The van der Waals surface area contributed by atoms with Gasteiger partial charge in [0, 0.05) is 6.54 Å². The molecule has 0 saturated carbocycles. The molecule has 6 nitrogen and oxygen atoms in total. The minimum absolute atomic E-state index is 0.0782. The summed E-state index contributed by atoms with van der Waals surface area (Å²) < 4.78 is 24.2. The highest BCUT2D eigenvalue weighted by Crippen LogP contribution is 2.43. The summed E-state index contributed by atoms with van der Waals surface area (Å²) in [4.78, 5) is 27.2. The Morgan fingerprint density at radius 1 is 1.07 bits per heavy atom. The van der Waals surface area contributed by atoms with Gasteiger partial charge in [0.1, 0.15) is 28.6 Å². The molecule has 158 valence electrons. The van der Waals surface area contributed by atoms with Crippen LogP contribution in [0.25, 0.3) is 5.76 Å². The molecule has 0 aliphatic carbocycles. The molecule has 2 aromatic carbocycles. The lowest BCUT2D eigenvalue weighted by Gasteiger charge is -2.25. The number of carbonyl (C=O) groups is 2. The van der Waals surface area contributed by atoms with Crippen molar-refractivity contribution < 1.29 is 28.6 Å². The molecule has 1 atom stereocenters. The zero-order valence-electron chi connectivity index (χ0n) is 17.1. The van der Waals surface area contributed by atoms with E-state index in [9.17, 15) is 19.1 Å². The van der Waals surface area contributed by atoms with Gasteiger partial charge in [-0.3, -0.25) is 9.59 Å². The highest BCUT2D eigenvalue weighted by atomic mass is 19.1. The number of benzene rings is 2. The second-order valence-electron chi connectivity index (χ2n) is 6.94. The summed E-state index contributed by atoms with van der Waals surface area (Å²) in [6.45, 7) is 2.31. The number of unbranched alkanes of at least 4 members (excludes halogenated alkanes) is 1. The Morgan fingerprint density at radius 2 is 1.67 bits per heavy atom. The van der Waals surface area contributed by atoms with E-state index in [-0.39, 0.29) is 11.1 Å². The van der Waals surface area contributed by atoms with Crippen LogP contribution in [0.4, 0.5) is 4.39 Å². The highest BCUT2D eigenvalue weighted by molar-refractivity contribution is 6.46. The number of halogens is 1. The van der Waals surface area contributed by atoms with Crippen molar-refractivity contribution in [3.63, 3.8) is 0 Å². The van der Waals surface area contributed by atoms with Gasteiger partial charge in [-0.2, -0.15) is 0 Å². The van der Waals surface area contributed by atoms with Crippen molar-refractivity contribution in [3.05, 3.63) is 65.0 Å². The van der Waals surface area contributed by atoms with E-state index in [4.69, 9.17) is 9.47 Å². The maximum absolute atomic E-state index is 13.5. The van der Waals surface area contributed by atoms with Gasteiger partial charge in [0.15, 0.2) is 0 Å². The highest BCUT2D eigenvalue weighted by Gasteiger charge is 2.46. The second kappa shape index (κ2) is 8.98. The first-order valence-electron chi connectivity index (χ1n) is 9.69. The molecular weight excluding hydrogens is 389 g/mol. The van der Waals surface area contributed by atoms with Crippen molar-refractivity contribution in [2.24, 2.45) is 0 Å². The van der Waals surface area contributed by atoms with Crippen LogP contribution in [0.3, 0.4) is 0 Å². The summed E-state index contributed by atoms with van der Waals surface area (Å²) >= 11 is 0. The zero-order chi connectivity index (χ0) is 21.8. The van der Waals surface area contributed by atoms with Crippen LogP contribution in [-0.2, 0) is 9.59 Å². The van der Waals surface area contributed by atoms with Crippen molar-refractivity contribution in [1.82, 2.24) is 4.90 Å². The van der Waals surface area contributed by atoms with E-state index in [0.717, 1.165) is 6.42 Å². The number of likely N-dealkylation sites (tertiary alicyclic amines) is 1. The Labute approximate surface area is 174 Å². The van der Waals surface area contributed by atoms with Crippen molar-refractivity contribution in [3.8, 4) is 11.5 Å². The molecule has 1 fully saturated rings. The van der Waals surface area contributed by atoms with Gasteiger partial charge in [-0.15, -0.1) is 0 Å². The zero-order valence-corrected chi connectivity index (χ0v) is 17.1. The lowest BCUT2D eigenvalue weighted by molar-refractivity contribution is -0.139. The van der Waals surface area contributed by atoms with Crippen LogP contribution in [-0.4, -0.2) is 42.5 Å². The summed E-state index contributed by atoms with van der Waals surface area (Å²) in [6.07, 6.45) is 1.50. The minimum Gasteiger partial charge on any atom is -0.506 e. The molecule has 0 spiro atoms. The van der Waals surface area contributed by atoms with Gasteiger partial charge < -0.3 is 19.5 Å². The number of ketones is 1. The van der Waals surface area contributed by atoms with Gasteiger partial charge in [-0.25, -0.2) is 4.39 Å². The molecular formula is C23H24FNO5. The molecule has 30 heavy (non-hydrogen) atoms. The van der Waals surface area contributed by atoms with E-state index in [2.05, 4.69) is 0 Å². The third-order valence-electron chi connectivity index (χ3n) is 5.14. The Morgan fingerprint density at radius 3 is 2.20 bits per heavy atom. The summed E-state index contributed by atoms with van der Waals surface area (Å²) in [5.41, 5.74) is 0.635. The molecule has 0 radical (unpaired) electrons. The standard InChI is InChI=1S/C23H24FNO5/c1-4-5-13-25-20(14-9-11-15(24)12-10-14)19(22(27)23(25)28)21(26)18-16(29-2)7-6-8-17(18)30-3/h6-12,20,26H,4-5,13H2,1-3H3/b21-19+. The number of amides is 1. The normalized spacial score (nSPS) is 18.0. The topological polar surface area (TPSA) is 76.1 Å². The van der Waals surface area contributed by atoms with Gasteiger partial charge in [-0.1, -0.05) is 31.5 Å². The third-order valence-corrected chi connectivity index (χ3v) is 5.14. The number of Topliss-reactive ketones (excluding diaryl/α,β-unsaturated/α-hetero) is 1. The Balaban J connectivity index is 2.25. The summed E-state index contributed by atoms with van der Waals surface area (Å²) in [7, 11) is 2.87. The van der Waals surface area contributed by atoms with Crippen molar-refractivity contribution in [2.75, 3.05) is 20.8 Å². The number of carbonyl (C=O) groups excluding carboxylic acids is 2. The largest absolute Gasteiger partial charge is 0.506 e. The number of rotatable bonds is 7. The van der Waals surface area contributed by atoms with E-state index < -0.39 is 29.3 Å². The molecule has 0 bridgehead atoms. The van der Waals surface area contributed by atoms with E-state index in [1.165, 1.54) is 43.4 Å². The average Bonchev–Trinajstić information content (AvgIpc) is 3.01. The van der Waals surface area contributed by atoms with Gasteiger partial charge in [0.25, 0.3) is 11.7 Å². The van der Waals surface area contributed by atoms with Crippen molar-refractivity contribution >= 4 is 17.4 Å². The molecule has 1 unspecified atom stereocenters. The number of hydrogen-bond donors (Lipinski definition) is 1. The van der Waals surface area contributed by atoms with Crippen LogP contribution in [0.1, 0.15) is 36.9 Å². The van der Waals surface area contributed by atoms with Gasteiger partial charge in [-0.05, 0) is 36.2 Å². The van der Waals surface area contributed by atoms with Crippen LogP contribution in [0.2, 0.25) is 0 Å². The average molecular weight is 413 g/mol. The lowest BCUT2D eigenvalue weighted by atomic mass is 9.94.